The van der Waals surface area contributed by atoms with Crippen LogP contribution in [0.2, 0.25) is 0 Å². The van der Waals surface area contributed by atoms with Gasteiger partial charge < -0.3 is 21.0 Å². The van der Waals surface area contributed by atoms with Crippen molar-refractivity contribution >= 4 is 17.5 Å². The fraction of sp³-hybridized carbons (Fsp3) is 0.391. The lowest BCUT2D eigenvalue weighted by atomic mass is 9.76. The van der Waals surface area contributed by atoms with Crippen molar-refractivity contribution in [2.24, 2.45) is 5.73 Å². The van der Waals surface area contributed by atoms with E-state index in [4.69, 9.17) is 5.73 Å². The molecule has 2 aliphatic heterocycles. The Morgan fingerprint density at radius 3 is 2.27 bits per heavy atom. The Morgan fingerprint density at radius 2 is 1.60 bits per heavy atom. The standard InChI is InChI=1S/C23H27N5O2/c24-23(10-3-11-23)22(30)28-14-12-27(13-15-28)21(29)17-8-6-16(7-9-17)20-18-4-1-2-5-19(18)25-26-20/h1-2,4-9,20,25-26H,3,10-15,24H2. The van der Waals surface area contributed by atoms with E-state index < -0.39 is 5.54 Å². The molecule has 1 saturated heterocycles. The molecule has 0 spiro atoms. The highest BCUT2D eigenvalue weighted by atomic mass is 16.2. The molecule has 7 nitrogen and oxygen atoms in total. The zero-order valence-electron chi connectivity index (χ0n) is 16.9. The third-order valence-corrected chi connectivity index (χ3v) is 6.64. The second kappa shape index (κ2) is 7.41. The van der Waals surface area contributed by atoms with Crippen LogP contribution in [0.3, 0.4) is 0 Å². The summed E-state index contributed by atoms with van der Waals surface area (Å²) in [5.41, 5.74) is 16.1. The van der Waals surface area contributed by atoms with Crippen LogP contribution in [0.1, 0.15) is 46.8 Å². The number of hydrogen-bond acceptors (Lipinski definition) is 5. The summed E-state index contributed by atoms with van der Waals surface area (Å²) in [4.78, 5) is 29.2. The highest BCUT2D eigenvalue weighted by molar-refractivity contribution is 5.94. The Kier molecular flexibility index (Phi) is 4.72. The van der Waals surface area contributed by atoms with Crippen molar-refractivity contribution in [2.75, 3.05) is 31.6 Å². The Balaban J connectivity index is 1.22. The van der Waals surface area contributed by atoms with Crippen molar-refractivity contribution in [1.82, 2.24) is 15.2 Å². The number of nitrogens with two attached hydrogens (primary N) is 1. The first-order valence-electron chi connectivity index (χ1n) is 10.6. The first kappa shape index (κ1) is 19.1. The fourth-order valence-electron chi connectivity index (χ4n) is 4.55. The van der Waals surface area contributed by atoms with Gasteiger partial charge in [-0.1, -0.05) is 30.3 Å². The maximum Gasteiger partial charge on any atom is 0.253 e. The lowest BCUT2D eigenvalue weighted by Gasteiger charge is -2.43. The number of carbonyl (C=O) groups is 2. The third kappa shape index (κ3) is 3.24. The summed E-state index contributed by atoms with van der Waals surface area (Å²) in [6.07, 6.45) is 2.56. The van der Waals surface area contributed by atoms with Gasteiger partial charge in [-0.05, 0) is 48.6 Å². The molecule has 30 heavy (non-hydrogen) atoms. The number of hydrogen-bond donors (Lipinski definition) is 3. The van der Waals surface area contributed by atoms with E-state index >= 15 is 0 Å². The fourth-order valence-corrected chi connectivity index (χ4v) is 4.55. The Morgan fingerprint density at radius 1 is 0.933 bits per heavy atom. The smallest absolute Gasteiger partial charge is 0.253 e. The highest BCUT2D eigenvalue weighted by Crippen LogP contribution is 2.33. The number of fused-ring (bicyclic) bond motifs is 1. The van der Waals surface area contributed by atoms with E-state index in [0.29, 0.717) is 31.7 Å². The van der Waals surface area contributed by atoms with Crippen LogP contribution in [0.25, 0.3) is 0 Å². The number of piperazine rings is 1. The number of amides is 2. The molecular weight excluding hydrogens is 378 g/mol. The minimum atomic E-state index is -0.663. The van der Waals surface area contributed by atoms with Gasteiger partial charge in [0.25, 0.3) is 5.91 Å². The van der Waals surface area contributed by atoms with Crippen LogP contribution < -0.4 is 16.6 Å². The molecule has 0 aromatic heterocycles. The molecule has 4 N–H and O–H groups in total. The second-order valence-corrected chi connectivity index (χ2v) is 8.51. The number of nitrogens with zero attached hydrogens (tertiary/aromatic N) is 2. The lowest BCUT2D eigenvalue weighted by Crippen LogP contribution is -2.62. The summed E-state index contributed by atoms with van der Waals surface area (Å²) in [5, 5.41) is 0. The number of hydrazine groups is 1. The summed E-state index contributed by atoms with van der Waals surface area (Å²) in [7, 11) is 0. The zero-order chi connectivity index (χ0) is 20.7. The van der Waals surface area contributed by atoms with Crippen LogP contribution in [0.5, 0.6) is 0 Å². The molecule has 2 heterocycles. The topological polar surface area (TPSA) is 90.7 Å². The van der Waals surface area contributed by atoms with Gasteiger partial charge in [-0.3, -0.25) is 9.59 Å². The van der Waals surface area contributed by atoms with Crippen molar-refractivity contribution < 1.29 is 9.59 Å². The van der Waals surface area contributed by atoms with Crippen molar-refractivity contribution in [1.29, 1.82) is 0 Å². The van der Waals surface area contributed by atoms with Gasteiger partial charge in [0.1, 0.15) is 0 Å². The molecule has 156 valence electrons. The number of nitrogens with one attached hydrogen (secondary N) is 2. The monoisotopic (exact) mass is 405 g/mol. The predicted octanol–water partition coefficient (Wildman–Crippen LogP) is 1.87. The van der Waals surface area contributed by atoms with Crippen molar-refractivity contribution in [2.45, 2.75) is 30.8 Å². The summed E-state index contributed by atoms with van der Waals surface area (Å²) < 4.78 is 0. The van der Waals surface area contributed by atoms with Crippen molar-refractivity contribution in [3.8, 4) is 0 Å². The molecule has 2 fully saturated rings. The second-order valence-electron chi connectivity index (χ2n) is 8.51. The summed E-state index contributed by atoms with van der Waals surface area (Å²) in [6.45, 7) is 2.19. The molecule has 1 aliphatic carbocycles. The summed E-state index contributed by atoms with van der Waals surface area (Å²) >= 11 is 0. The van der Waals surface area contributed by atoms with Gasteiger partial charge in [0.15, 0.2) is 0 Å². The van der Waals surface area contributed by atoms with Crippen LogP contribution in [0.15, 0.2) is 48.5 Å². The number of benzene rings is 2. The summed E-state index contributed by atoms with van der Waals surface area (Å²) in [6, 6.07) is 16.0. The third-order valence-electron chi connectivity index (χ3n) is 6.64. The van der Waals surface area contributed by atoms with E-state index in [1.807, 2.05) is 52.3 Å². The highest BCUT2D eigenvalue weighted by Gasteiger charge is 2.43. The van der Waals surface area contributed by atoms with Crippen LogP contribution in [-0.4, -0.2) is 53.3 Å². The lowest BCUT2D eigenvalue weighted by molar-refractivity contribution is -0.141. The Hall–Kier alpha value is -2.90. The van der Waals surface area contributed by atoms with Gasteiger partial charge >= 0.3 is 0 Å². The number of carbonyl (C=O) groups excluding carboxylic acids is 2. The van der Waals surface area contributed by atoms with Gasteiger partial charge in [0, 0.05) is 31.7 Å². The minimum Gasteiger partial charge on any atom is -0.338 e. The normalized spacial score (nSPS) is 22.1. The molecule has 2 aromatic carbocycles. The SMILES string of the molecule is NC1(C(=O)N2CCN(C(=O)c3ccc(C4NNc5ccccc54)cc3)CC2)CCC1. The molecule has 7 heteroatoms. The van der Waals surface area contributed by atoms with E-state index in [2.05, 4.69) is 16.9 Å². The van der Waals surface area contributed by atoms with E-state index in [1.54, 1.807) is 0 Å². The maximum absolute atomic E-state index is 12.9. The maximum atomic E-state index is 12.9. The molecule has 3 aliphatic rings. The molecule has 0 radical (unpaired) electrons. The Labute approximate surface area is 176 Å². The van der Waals surface area contributed by atoms with Crippen LogP contribution in [0.4, 0.5) is 5.69 Å². The van der Waals surface area contributed by atoms with Gasteiger partial charge in [0.05, 0.1) is 17.3 Å². The molecule has 1 atom stereocenters. The number of anilines is 1. The quantitative estimate of drug-likeness (QED) is 0.725. The molecule has 0 bridgehead atoms. The first-order valence-corrected chi connectivity index (χ1v) is 10.6. The van der Waals surface area contributed by atoms with Gasteiger partial charge in [0.2, 0.25) is 5.91 Å². The average Bonchev–Trinajstić information content (AvgIpc) is 3.21. The van der Waals surface area contributed by atoms with Gasteiger partial charge in [-0.2, -0.15) is 0 Å². The van der Waals surface area contributed by atoms with E-state index in [-0.39, 0.29) is 17.9 Å². The van der Waals surface area contributed by atoms with Crippen LogP contribution in [-0.2, 0) is 4.79 Å². The first-order chi connectivity index (χ1) is 14.5. The predicted molar refractivity (Wildman–Crippen MR) is 115 cm³/mol. The average molecular weight is 406 g/mol. The van der Waals surface area contributed by atoms with Crippen LogP contribution in [0, 0.1) is 0 Å². The molecule has 2 aromatic rings. The molecule has 5 rings (SSSR count). The van der Waals surface area contributed by atoms with E-state index in [0.717, 1.165) is 30.5 Å². The zero-order valence-corrected chi connectivity index (χ0v) is 16.9. The number of rotatable bonds is 3. The molecule has 1 saturated carbocycles. The van der Waals surface area contributed by atoms with Gasteiger partial charge in [-0.15, -0.1) is 0 Å². The van der Waals surface area contributed by atoms with Crippen molar-refractivity contribution in [3.63, 3.8) is 0 Å². The summed E-state index contributed by atoms with van der Waals surface area (Å²) in [5.74, 6) is 0.0563. The minimum absolute atomic E-state index is 0.0117. The van der Waals surface area contributed by atoms with Gasteiger partial charge in [-0.25, -0.2) is 5.43 Å². The largest absolute Gasteiger partial charge is 0.338 e. The van der Waals surface area contributed by atoms with Crippen molar-refractivity contribution in [3.05, 3.63) is 65.2 Å². The molecule has 1 unspecified atom stereocenters. The number of para-hydroxylation sites is 1. The Bertz CT molecular complexity index is 962. The molecular formula is C23H27N5O2. The molecule has 2 amide bonds. The van der Waals surface area contributed by atoms with E-state index in [1.165, 1.54) is 5.56 Å². The van der Waals surface area contributed by atoms with E-state index in [9.17, 15) is 9.59 Å². The van der Waals surface area contributed by atoms with Crippen LogP contribution >= 0.6 is 0 Å².